The first-order valence-corrected chi connectivity index (χ1v) is 12.7. The van der Waals surface area contributed by atoms with Crippen molar-refractivity contribution in [3.8, 4) is 0 Å². The Labute approximate surface area is 205 Å². The summed E-state index contributed by atoms with van der Waals surface area (Å²) in [5, 5.41) is 7.08. The van der Waals surface area contributed by atoms with Crippen molar-refractivity contribution in [2.75, 3.05) is 26.0 Å². The predicted octanol–water partition coefficient (Wildman–Crippen LogP) is 2.36. The number of hydrogen-bond acceptors (Lipinski definition) is 5. The van der Waals surface area contributed by atoms with E-state index in [1.54, 1.807) is 29.9 Å². The van der Waals surface area contributed by atoms with Crippen molar-refractivity contribution in [3.05, 3.63) is 76.6 Å². The first-order valence-electron chi connectivity index (χ1n) is 11.3. The zero-order valence-electron chi connectivity index (χ0n) is 20.3. The summed E-state index contributed by atoms with van der Waals surface area (Å²) in [4.78, 5) is 27.6. The second-order valence-electron chi connectivity index (χ2n) is 8.91. The lowest BCUT2D eigenvalue weighted by Gasteiger charge is -2.29. The van der Waals surface area contributed by atoms with Gasteiger partial charge in [0.25, 0.3) is 5.91 Å². The van der Waals surface area contributed by atoms with E-state index in [0.717, 1.165) is 27.5 Å². The van der Waals surface area contributed by atoms with Crippen LogP contribution in [0.4, 0.5) is 5.69 Å². The van der Waals surface area contributed by atoms with Gasteiger partial charge in [0.2, 0.25) is 15.9 Å². The summed E-state index contributed by atoms with van der Waals surface area (Å²) in [5.41, 5.74) is 4.94. The Morgan fingerprint density at radius 2 is 1.77 bits per heavy atom. The number of sulfonamides is 1. The van der Waals surface area contributed by atoms with E-state index in [0.29, 0.717) is 24.5 Å². The van der Waals surface area contributed by atoms with Crippen LogP contribution in [0.3, 0.4) is 0 Å². The van der Waals surface area contributed by atoms with E-state index in [1.165, 1.54) is 31.8 Å². The number of aromatic nitrogens is 2. The molecule has 0 atom stereocenters. The summed E-state index contributed by atoms with van der Waals surface area (Å²) in [6.07, 6.45) is 0.923. The highest BCUT2D eigenvalue weighted by molar-refractivity contribution is 7.89. The van der Waals surface area contributed by atoms with E-state index in [-0.39, 0.29) is 23.1 Å². The zero-order chi connectivity index (χ0) is 25.3. The van der Waals surface area contributed by atoms with E-state index < -0.39 is 10.0 Å². The molecule has 0 saturated heterocycles. The fourth-order valence-electron chi connectivity index (χ4n) is 4.18. The highest BCUT2D eigenvalue weighted by atomic mass is 32.2. The molecule has 9 nitrogen and oxygen atoms in total. The molecule has 2 amide bonds. The minimum Gasteiger partial charge on any atom is -0.333 e. The second kappa shape index (κ2) is 9.63. The van der Waals surface area contributed by atoms with E-state index in [2.05, 4.69) is 10.4 Å². The minimum atomic E-state index is -3.52. The summed E-state index contributed by atoms with van der Waals surface area (Å²) in [5.74, 6) is -0.260. The molecule has 1 aliphatic rings. The van der Waals surface area contributed by atoms with Crippen LogP contribution in [0.5, 0.6) is 0 Å². The van der Waals surface area contributed by atoms with E-state index in [1.807, 2.05) is 30.0 Å². The Bertz CT molecular complexity index is 1380. The zero-order valence-corrected chi connectivity index (χ0v) is 21.1. The van der Waals surface area contributed by atoms with Gasteiger partial charge in [0.15, 0.2) is 0 Å². The van der Waals surface area contributed by atoms with Gasteiger partial charge in [-0.25, -0.2) is 12.7 Å². The summed E-state index contributed by atoms with van der Waals surface area (Å²) < 4.78 is 27.1. The average Bonchev–Trinajstić information content (AvgIpc) is 3.16. The smallest absolute Gasteiger partial charge is 0.272 e. The SMILES string of the molecule is Cc1cc(C(=O)N2CCc3ccc(CC(=O)Nc4ccc(S(=O)(=O)N(C)C)cc4)cc3C2)n(C)n1. The molecule has 1 N–H and O–H groups in total. The van der Waals surface area contributed by atoms with Crippen molar-refractivity contribution in [3.63, 3.8) is 0 Å². The van der Waals surface area contributed by atoms with Gasteiger partial charge in [0, 0.05) is 39.9 Å². The Morgan fingerprint density at radius 3 is 2.40 bits per heavy atom. The maximum atomic E-state index is 13.0. The number of nitrogens with zero attached hydrogens (tertiary/aromatic N) is 4. The molecule has 0 spiro atoms. The highest BCUT2D eigenvalue weighted by Crippen LogP contribution is 2.23. The minimum absolute atomic E-state index is 0.0541. The standard InChI is InChI=1S/C25H29N5O4S/c1-17-13-23(29(4)27-17)25(32)30-12-11-19-6-5-18(14-20(19)16-30)15-24(31)26-21-7-9-22(10-8-21)35(33,34)28(2)3/h5-10,13-14H,11-12,15-16H2,1-4H3,(H,26,31). The van der Waals surface area contributed by atoms with Gasteiger partial charge in [0.1, 0.15) is 5.69 Å². The molecule has 0 radical (unpaired) electrons. The van der Waals surface area contributed by atoms with Gasteiger partial charge in [-0.3, -0.25) is 14.3 Å². The molecule has 35 heavy (non-hydrogen) atoms. The fourth-order valence-corrected chi connectivity index (χ4v) is 5.08. The van der Waals surface area contributed by atoms with Crippen LogP contribution in [-0.4, -0.2) is 59.9 Å². The number of benzene rings is 2. The molecule has 0 aliphatic carbocycles. The van der Waals surface area contributed by atoms with E-state index in [9.17, 15) is 18.0 Å². The summed E-state index contributed by atoms with van der Waals surface area (Å²) in [6, 6.07) is 13.8. The van der Waals surface area contributed by atoms with Crippen molar-refractivity contribution in [2.45, 2.75) is 31.2 Å². The lowest BCUT2D eigenvalue weighted by Crippen LogP contribution is -2.37. The van der Waals surface area contributed by atoms with Gasteiger partial charge in [0.05, 0.1) is 17.0 Å². The highest BCUT2D eigenvalue weighted by Gasteiger charge is 2.24. The van der Waals surface area contributed by atoms with Crippen LogP contribution in [-0.2, 0) is 41.3 Å². The van der Waals surface area contributed by atoms with Crippen LogP contribution in [0.15, 0.2) is 53.4 Å². The third-order valence-electron chi connectivity index (χ3n) is 6.07. The van der Waals surface area contributed by atoms with Crippen molar-refractivity contribution in [1.82, 2.24) is 19.0 Å². The van der Waals surface area contributed by atoms with Crippen LogP contribution < -0.4 is 5.32 Å². The molecular formula is C25H29N5O4S. The number of nitrogens with one attached hydrogen (secondary N) is 1. The molecule has 2 aromatic carbocycles. The Kier molecular flexibility index (Phi) is 6.77. The molecule has 10 heteroatoms. The maximum absolute atomic E-state index is 13.0. The molecule has 0 bridgehead atoms. The Hall–Kier alpha value is -3.50. The van der Waals surface area contributed by atoms with Crippen LogP contribution in [0.25, 0.3) is 0 Å². The molecule has 1 aromatic heterocycles. The molecule has 4 rings (SSSR count). The lowest BCUT2D eigenvalue weighted by atomic mass is 9.96. The van der Waals surface area contributed by atoms with E-state index >= 15 is 0 Å². The molecule has 1 aliphatic heterocycles. The number of anilines is 1. The average molecular weight is 496 g/mol. The predicted molar refractivity (Wildman–Crippen MR) is 132 cm³/mol. The number of aryl methyl sites for hydroxylation is 2. The molecule has 3 aromatic rings. The van der Waals surface area contributed by atoms with Crippen molar-refractivity contribution in [2.24, 2.45) is 7.05 Å². The first kappa shape index (κ1) is 24.6. The number of rotatable bonds is 6. The van der Waals surface area contributed by atoms with Crippen molar-refractivity contribution >= 4 is 27.5 Å². The number of carbonyl (C=O) groups excluding carboxylic acids is 2. The molecule has 184 valence electrons. The third kappa shape index (κ3) is 5.28. The lowest BCUT2D eigenvalue weighted by molar-refractivity contribution is -0.115. The number of amides is 2. The molecule has 0 fully saturated rings. The van der Waals surface area contributed by atoms with Gasteiger partial charge in [-0.2, -0.15) is 5.10 Å². The fraction of sp³-hybridized carbons (Fsp3) is 0.320. The Morgan fingerprint density at radius 1 is 1.06 bits per heavy atom. The summed E-state index contributed by atoms with van der Waals surface area (Å²) in [7, 11) is 1.19. The summed E-state index contributed by atoms with van der Waals surface area (Å²) in [6.45, 7) is 2.98. The van der Waals surface area contributed by atoms with Crippen LogP contribution >= 0.6 is 0 Å². The second-order valence-corrected chi connectivity index (χ2v) is 11.1. The van der Waals surface area contributed by atoms with Gasteiger partial charge >= 0.3 is 0 Å². The van der Waals surface area contributed by atoms with Gasteiger partial charge in [-0.1, -0.05) is 18.2 Å². The molecule has 0 saturated carbocycles. The maximum Gasteiger partial charge on any atom is 0.272 e. The largest absolute Gasteiger partial charge is 0.333 e. The molecule has 0 unspecified atom stereocenters. The first-order chi connectivity index (χ1) is 16.5. The van der Waals surface area contributed by atoms with Crippen molar-refractivity contribution < 1.29 is 18.0 Å². The number of fused-ring (bicyclic) bond motifs is 1. The van der Waals surface area contributed by atoms with Crippen LogP contribution in [0, 0.1) is 6.92 Å². The number of hydrogen-bond donors (Lipinski definition) is 1. The quantitative estimate of drug-likeness (QED) is 0.565. The van der Waals surface area contributed by atoms with Crippen LogP contribution in [0.1, 0.15) is 32.9 Å². The molecular weight excluding hydrogens is 466 g/mol. The topological polar surface area (TPSA) is 105 Å². The Balaban J connectivity index is 1.42. The van der Waals surface area contributed by atoms with Gasteiger partial charge in [-0.05, 0) is 60.4 Å². The van der Waals surface area contributed by atoms with E-state index in [4.69, 9.17) is 0 Å². The van der Waals surface area contributed by atoms with Crippen molar-refractivity contribution in [1.29, 1.82) is 0 Å². The summed E-state index contributed by atoms with van der Waals surface area (Å²) >= 11 is 0. The number of carbonyl (C=O) groups is 2. The van der Waals surface area contributed by atoms with Gasteiger partial charge < -0.3 is 10.2 Å². The molecule has 2 heterocycles. The monoisotopic (exact) mass is 495 g/mol. The third-order valence-corrected chi connectivity index (χ3v) is 7.90. The normalized spacial score (nSPS) is 13.6. The van der Waals surface area contributed by atoms with Crippen LogP contribution in [0.2, 0.25) is 0 Å². The van der Waals surface area contributed by atoms with Gasteiger partial charge in [-0.15, -0.1) is 0 Å².